The molecular formula is C13H23NO. The van der Waals surface area contributed by atoms with Crippen molar-refractivity contribution in [2.75, 3.05) is 0 Å². The van der Waals surface area contributed by atoms with Crippen molar-refractivity contribution in [3.63, 3.8) is 0 Å². The Morgan fingerprint density at radius 2 is 2.07 bits per heavy atom. The number of amides is 1. The number of hydrogen-bond acceptors (Lipinski definition) is 1. The van der Waals surface area contributed by atoms with Gasteiger partial charge in [-0.1, -0.05) is 11.6 Å². The fraction of sp³-hybridized carbons (Fsp3) is 0.615. The van der Waals surface area contributed by atoms with Crippen molar-refractivity contribution in [2.45, 2.75) is 46.1 Å². The van der Waals surface area contributed by atoms with Crippen LogP contribution in [0.4, 0.5) is 0 Å². The van der Waals surface area contributed by atoms with E-state index in [1.165, 1.54) is 0 Å². The highest BCUT2D eigenvalue weighted by Gasteiger charge is 2.17. The van der Waals surface area contributed by atoms with Crippen molar-refractivity contribution in [1.82, 2.24) is 5.32 Å². The van der Waals surface area contributed by atoms with Crippen LogP contribution in [0.1, 0.15) is 40.0 Å². The predicted octanol–water partition coefficient (Wildman–Crippen LogP) is 3.06. The molecule has 0 heterocycles. The Kier molecular flexibility index (Phi) is 6.76. The Bertz CT molecular complexity index is 231. The molecule has 0 radical (unpaired) electrons. The summed E-state index contributed by atoms with van der Waals surface area (Å²) in [7, 11) is 0. The standard InChI is InChI=1S/C13H23NO/c1-6-7-8-12(9-10(2)3)13(15)14-11(4)5/h6,11-12H,1-2,7-9H2,3-5H3,(H,14,15). The van der Waals surface area contributed by atoms with Gasteiger partial charge in [-0.2, -0.15) is 0 Å². The number of nitrogens with one attached hydrogen (secondary N) is 1. The van der Waals surface area contributed by atoms with Gasteiger partial charge in [-0.05, 0) is 40.0 Å². The summed E-state index contributed by atoms with van der Waals surface area (Å²) in [5, 5.41) is 2.94. The maximum absolute atomic E-state index is 11.8. The lowest BCUT2D eigenvalue weighted by molar-refractivity contribution is -0.125. The molecular weight excluding hydrogens is 186 g/mol. The van der Waals surface area contributed by atoms with Gasteiger partial charge in [0.2, 0.25) is 5.91 Å². The first-order valence-electron chi connectivity index (χ1n) is 5.53. The molecule has 0 bridgehead atoms. The van der Waals surface area contributed by atoms with Gasteiger partial charge in [0.05, 0.1) is 0 Å². The van der Waals surface area contributed by atoms with Crippen LogP contribution in [0.15, 0.2) is 24.8 Å². The molecule has 0 saturated heterocycles. The molecule has 1 amide bonds. The van der Waals surface area contributed by atoms with Crippen LogP contribution in [-0.2, 0) is 4.79 Å². The average Bonchev–Trinajstić information content (AvgIpc) is 2.10. The summed E-state index contributed by atoms with van der Waals surface area (Å²) in [4.78, 5) is 11.8. The molecule has 0 fully saturated rings. The van der Waals surface area contributed by atoms with Crippen LogP contribution in [0.2, 0.25) is 0 Å². The zero-order chi connectivity index (χ0) is 11.8. The van der Waals surface area contributed by atoms with E-state index < -0.39 is 0 Å². The van der Waals surface area contributed by atoms with Gasteiger partial charge < -0.3 is 5.32 Å². The fourth-order valence-corrected chi connectivity index (χ4v) is 1.47. The Balaban J connectivity index is 4.25. The monoisotopic (exact) mass is 209 g/mol. The van der Waals surface area contributed by atoms with Gasteiger partial charge in [0.25, 0.3) is 0 Å². The van der Waals surface area contributed by atoms with Gasteiger partial charge in [0.15, 0.2) is 0 Å². The van der Waals surface area contributed by atoms with E-state index in [2.05, 4.69) is 18.5 Å². The highest BCUT2D eigenvalue weighted by Crippen LogP contribution is 2.16. The van der Waals surface area contributed by atoms with Crippen molar-refractivity contribution in [3.05, 3.63) is 24.8 Å². The lowest BCUT2D eigenvalue weighted by Crippen LogP contribution is -2.35. The van der Waals surface area contributed by atoms with Crippen LogP contribution in [0.25, 0.3) is 0 Å². The van der Waals surface area contributed by atoms with Gasteiger partial charge in [0.1, 0.15) is 0 Å². The number of hydrogen-bond donors (Lipinski definition) is 1. The summed E-state index contributed by atoms with van der Waals surface area (Å²) in [5.74, 6) is 0.178. The second-order valence-electron chi connectivity index (χ2n) is 4.39. The zero-order valence-corrected chi connectivity index (χ0v) is 10.2. The van der Waals surface area contributed by atoms with Crippen LogP contribution in [0.5, 0.6) is 0 Å². The molecule has 1 unspecified atom stereocenters. The van der Waals surface area contributed by atoms with Crippen LogP contribution in [-0.4, -0.2) is 11.9 Å². The van der Waals surface area contributed by atoms with E-state index in [9.17, 15) is 4.79 Å². The Morgan fingerprint density at radius 3 is 2.47 bits per heavy atom. The van der Waals surface area contributed by atoms with Crippen molar-refractivity contribution < 1.29 is 4.79 Å². The smallest absolute Gasteiger partial charge is 0.223 e. The van der Waals surface area contributed by atoms with E-state index in [0.717, 1.165) is 24.8 Å². The second kappa shape index (κ2) is 7.27. The molecule has 86 valence electrons. The molecule has 15 heavy (non-hydrogen) atoms. The molecule has 2 nitrogen and oxygen atoms in total. The Labute approximate surface area is 93.5 Å². The van der Waals surface area contributed by atoms with Crippen LogP contribution >= 0.6 is 0 Å². The lowest BCUT2D eigenvalue weighted by atomic mass is 9.95. The summed E-state index contributed by atoms with van der Waals surface area (Å²) in [5.41, 5.74) is 1.06. The molecule has 0 aliphatic heterocycles. The number of allylic oxidation sites excluding steroid dienone is 2. The highest BCUT2D eigenvalue weighted by molar-refractivity contribution is 5.79. The molecule has 1 atom stereocenters. The van der Waals surface area contributed by atoms with Crippen molar-refractivity contribution in [2.24, 2.45) is 5.92 Å². The van der Waals surface area contributed by atoms with Gasteiger partial charge in [-0.3, -0.25) is 4.79 Å². The maximum atomic E-state index is 11.8. The van der Waals surface area contributed by atoms with E-state index in [-0.39, 0.29) is 17.9 Å². The van der Waals surface area contributed by atoms with E-state index in [1.54, 1.807) is 0 Å². The third-order valence-corrected chi connectivity index (χ3v) is 2.12. The third-order valence-electron chi connectivity index (χ3n) is 2.12. The molecule has 0 aromatic heterocycles. The summed E-state index contributed by atoms with van der Waals surface area (Å²) >= 11 is 0. The minimum absolute atomic E-state index is 0.0444. The van der Waals surface area contributed by atoms with E-state index in [0.29, 0.717) is 0 Å². The normalized spacial score (nSPS) is 12.3. The van der Waals surface area contributed by atoms with Crippen molar-refractivity contribution in [3.8, 4) is 0 Å². The van der Waals surface area contributed by atoms with E-state index in [1.807, 2.05) is 26.8 Å². The molecule has 0 rings (SSSR count). The maximum Gasteiger partial charge on any atom is 0.223 e. The Morgan fingerprint density at radius 1 is 1.47 bits per heavy atom. The summed E-state index contributed by atoms with van der Waals surface area (Å²) < 4.78 is 0. The fourth-order valence-electron chi connectivity index (χ4n) is 1.47. The van der Waals surface area contributed by atoms with Gasteiger partial charge in [0, 0.05) is 12.0 Å². The molecule has 0 aromatic rings. The summed E-state index contributed by atoms with van der Waals surface area (Å²) in [6, 6.07) is 0.203. The summed E-state index contributed by atoms with van der Waals surface area (Å²) in [6.07, 6.45) is 4.36. The molecule has 0 saturated carbocycles. The largest absolute Gasteiger partial charge is 0.354 e. The molecule has 0 spiro atoms. The SMILES string of the molecule is C=CCCC(CC(=C)C)C(=O)NC(C)C. The van der Waals surface area contributed by atoms with E-state index in [4.69, 9.17) is 0 Å². The topological polar surface area (TPSA) is 29.1 Å². The van der Waals surface area contributed by atoms with Gasteiger partial charge in [-0.25, -0.2) is 0 Å². The lowest BCUT2D eigenvalue weighted by Gasteiger charge is -2.17. The molecule has 1 N–H and O–H groups in total. The molecule has 0 aliphatic carbocycles. The number of carbonyl (C=O) groups is 1. The van der Waals surface area contributed by atoms with Crippen LogP contribution in [0.3, 0.4) is 0 Å². The second-order valence-corrected chi connectivity index (χ2v) is 4.39. The molecule has 0 aromatic carbocycles. The Hall–Kier alpha value is -1.05. The predicted molar refractivity (Wildman–Crippen MR) is 65.6 cm³/mol. The van der Waals surface area contributed by atoms with Crippen molar-refractivity contribution >= 4 is 5.91 Å². The average molecular weight is 209 g/mol. The van der Waals surface area contributed by atoms with Gasteiger partial charge in [-0.15, -0.1) is 13.2 Å². The highest BCUT2D eigenvalue weighted by atomic mass is 16.1. The first-order valence-corrected chi connectivity index (χ1v) is 5.53. The minimum atomic E-state index is 0.0444. The molecule has 0 aliphatic rings. The van der Waals surface area contributed by atoms with Crippen molar-refractivity contribution in [1.29, 1.82) is 0 Å². The third kappa shape index (κ3) is 6.95. The zero-order valence-electron chi connectivity index (χ0n) is 10.2. The van der Waals surface area contributed by atoms with Crippen LogP contribution < -0.4 is 5.32 Å². The summed E-state index contributed by atoms with van der Waals surface area (Å²) in [6.45, 7) is 13.4. The number of carbonyl (C=O) groups excluding carboxylic acids is 1. The number of rotatable bonds is 7. The van der Waals surface area contributed by atoms with Crippen LogP contribution in [0, 0.1) is 5.92 Å². The van der Waals surface area contributed by atoms with E-state index >= 15 is 0 Å². The first-order chi connectivity index (χ1) is 6.97. The quantitative estimate of drug-likeness (QED) is 0.641. The molecule has 2 heteroatoms. The first kappa shape index (κ1) is 13.9. The van der Waals surface area contributed by atoms with Gasteiger partial charge >= 0.3 is 0 Å². The minimum Gasteiger partial charge on any atom is -0.354 e.